The van der Waals surface area contributed by atoms with Crippen molar-refractivity contribution in [1.82, 2.24) is 0 Å². The van der Waals surface area contributed by atoms with Crippen molar-refractivity contribution in [2.45, 2.75) is 164 Å². The molecule has 0 amide bonds. The first-order valence-electron chi connectivity index (χ1n) is 22.5. The van der Waals surface area contributed by atoms with Crippen LogP contribution in [0.1, 0.15) is 90.0 Å². The van der Waals surface area contributed by atoms with Crippen molar-refractivity contribution in [2.24, 2.45) is 0 Å². The summed E-state index contributed by atoms with van der Waals surface area (Å²) in [6.07, 6.45) is -0.628. The third-order valence-electron chi connectivity index (χ3n) is 10.9. The average Bonchev–Trinajstić information content (AvgIpc) is 3.27. The van der Waals surface area contributed by atoms with Crippen LogP contribution in [0.3, 0.4) is 0 Å². The molecule has 366 valence electrons. The molecule has 0 radical (unpaired) electrons. The van der Waals surface area contributed by atoms with Gasteiger partial charge in [0.15, 0.2) is 0 Å². The Morgan fingerprint density at radius 3 is 0.787 bits per heavy atom. The molecule has 0 bridgehead atoms. The molecular weight excluding hydrogens is 965 g/mol. The Morgan fingerprint density at radius 2 is 0.574 bits per heavy atom. The van der Waals surface area contributed by atoms with Gasteiger partial charge in [0.25, 0.3) is 0 Å². The molecule has 0 aromatic rings. The summed E-state index contributed by atoms with van der Waals surface area (Å²) in [6.45, 7) is 31.5. The molecule has 8 unspecified atom stereocenters. The molecule has 18 nitrogen and oxygen atoms in total. The van der Waals surface area contributed by atoms with Crippen molar-refractivity contribution in [1.29, 1.82) is 0 Å². The van der Waals surface area contributed by atoms with Crippen molar-refractivity contribution in [3.63, 3.8) is 0 Å². The lowest BCUT2D eigenvalue weighted by Crippen LogP contribution is -2.72. The van der Waals surface area contributed by atoms with E-state index in [1.807, 2.05) is 62.3 Å². The van der Waals surface area contributed by atoms with Gasteiger partial charge in [-0.05, 0) is 58.0 Å². The van der Waals surface area contributed by atoms with E-state index >= 15 is 0 Å². The zero-order valence-corrected chi connectivity index (χ0v) is 51.0. The summed E-state index contributed by atoms with van der Waals surface area (Å²) in [4.78, 5) is 0. The minimum atomic E-state index is -3.36. The second kappa shape index (κ2) is 26.3. The highest BCUT2D eigenvalue weighted by atomic mass is 28.6. The number of aliphatic hydroxyl groups excluding tert-OH is 2. The van der Waals surface area contributed by atoms with Gasteiger partial charge in [-0.15, -0.1) is 0 Å². The number of aliphatic hydroxyl groups is 2. The van der Waals surface area contributed by atoms with Crippen LogP contribution in [0.5, 0.6) is 0 Å². The Labute approximate surface area is 380 Å². The highest BCUT2D eigenvalue weighted by Crippen LogP contribution is 2.40. The van der Waals surface area contributed by atoms with Crippen LogP contribution in [-0.2, 0) is 67.7 Å². The second-order valence-corrected chi connectivity index (χ2v) is 49.3. The van der Waals surface area contributed by atoms with Gasteiger partial charge < -0.3 is 77.9 Å². The maximum absolute atomic E-state index is 10.4. The number of rotatable bonds is 21. The molecule has 8 atom stereocenters. The molecule has 2 saturated heterocycles. The molecule has 0 aliphatic carbocycles. The van der Waals surface area contributed by atoms with Crippen LogP contribution in [0, 0.1) is 0 Å². The molecule has 2 N–H and O–H groups in total. The SMILES string of the molecule is CCO[Si]1(CC)O[Si](C)(CC)O[Si](C)(CC)O[Si](CC)(OCC)O[Si](CC)(OCC)O1.CC[Si]1(CO)O[Si](CC)(CO)O[Si](CC)(OC)O[Si](CC)(OC)O[Si](CC)(OC)O1. The molecule has 2 fully saturated rings. The van der Waals surface area contributed by atoms with Gasteiger partial charge in [-0.25, -0.2) is 0 Å². The smallest absolute Gasteiger partial charge is 0.416 e. The standard InChI is InChI=1S/C18H46O8Si5.C15H40O10Si5/c1-11-19-29(16-6)23-27(9,14-4)22-28(10,15-5)24-30(17-7,20-12-2)26-31(18-8,25-29)21-13-3;1-9-26(14-16)21-27(10-2,15-17)23-29(12-4,19-7)25-30(13-5,20-8)24-28(11-3,18-6)22-26/h11-18H2,1-10H3;16-17H,9-15H2,1-8H3. The molecule has 2 heterocycles. The molecule has 2 rings (SSSR count). The van der Waals surface area contributed by atoms with Crippen LogP contribution in [0.15, 0.2) is 0 Å². The van der Waals surface area contributed by atoms with Crippen LogP contribution < -0.4 is 0 Å². The van der Waals surface area contributed by atoms with E-state index in [4.69, 9.17) is 67.7 Å². The summed E-state index contributed by atoms with van der Waals surface area (Å²) in [6, 6.07) is 5.59. The van der Waals surface area contributed by atoms with E-state index in [2.05, 4.69) is 40.8 Å². The van der Waals surface area contributed by atoms with Crippen LogP contribution in [0.25, 0.3) is 0 Å². The molecule has 28 heteroatoms. The second-order valence-electron chi connectivity index (χ2n) is 15.0. The van der Waals surface area contributed by atoms with E-state index in [9.17, 15) is 10.2 Å². The molecule has 2 aliphatic heterocycles. The minimum Gasteiger partial charge on any atom is -0.416 e. The Bertz CT molecular complexity index is 1080. The Kier molecular flexibility index (Phi) is 26.0. The predicted molar refractivity (Wildman–Crippen MR) is 255 cm³/mol. The normalized spacial score (nSPS) is 40.5. The first kappa shape index (κ1) is 60.5. The van der Waals surface area contributed by atoms with Gasteiger partial charge in [-0.3, -0.25) is 0 Å². The Hall–Kier alpha value is 1.45. The highest BCUT2D eigenvalue weighted by molar-refractivity contribution is 6.93. The van der Waals surface area contributed by atoms with Crippen LogP contribution in [0.4, 0.5) is 0 Å². The largest absolute Gasteiger partial charge is 0.485 e. The fourth-order valence-electron chi connectivity index (χ4n) is 6.80. The zero-order chi connectivity index (χ0) is 46.9. The third kappa shape index (κ3) is 15.5. The van der Waals surface area contributed by atoms with Gasteiger partial charge in [-0.2, -0.15) is 0 Å². The summed E-state index contributed by atoms with van der Waals surface area (Å²) < 4.78 is 103. The summed E-state index contributed by atoms with van der Waals surface area (Å²) in [5.41, 5.74) is 0. The zero-order valence-electron chi connectivity index (χ0n) is 41.0. The summed E-state index contributed by atoms with van der Waals surface area (Å²) in [7, 11) is -26.8. The first-order valence-corrected chi connectivity index (χ1v) is 43.6. The van der Waals surface area contributed by atoms with Gasteiger partial charge in [-0.1, -0.05) is 69.2 Å². The molecule has 2 aliphatic rings. The van der Waals surface area contributed by atoms with Gasteiger partial charge in [0.2, 0.25) is 0 Å². The summed E-state index contributed by atoms with van der Waals surface area (Å²) in [5, 5.41) is 20.8. The Balaban J connectivity index is 0.000000610. The average molecular weight is 1050 g/mol. The minimum absolute atomic E-state index is 0.314. The van der Waals surface area contributed by atoms with Crippen LogP contribution in [0.2, 0.25) is 73.5 Å². The summed E-state index contributed by atoms with van der Waals surface area (Å²) in [5.74, 6) is 0. The molecule has 0 aromatic heterocycles. The fourth-order valence-corrected chi connectivity index (χ4v) is 55.2. The number of hydrogen-bond donors (Lipinski definition) is 2. The monoisotopic (exact) mass is 1050 g/mol. The Morgan fingerprint density at radius 1 is 0.311 bits per heavy atom. The van der Waals surface area contributed by atoms with Crippen molar-refractivity contribution in [3.8, 4) is 0 Å². The number of hydrogen-bond acceptors (Lipinski definition) is 18. The van der Waals surface area contributed by atoms with Crippen LogP contribution >= 0.6 is 0 Å². The lowest BCUT2D eigenvalue weighted by atomic mass is 10.9. The van der Waals surface area contributed by atoms with Gasteiger partial charge in [0.1, 0.15) is 0 Å². The predicted octanol–water partition coefficient (Wildman–Crippen LogP) is 7.14. The van der Waals surface area contributed by atoms with E-state index in [1.54, 1.807) is 7.11 Å². The van der Waals surface area contributed by atoms with E-state index in [0.29, 0.717) is 68.2 Å². The van der Waals surface area contributed by atoms with Crippen molar-refractivity contribution < 1.29 is 77.9 Å². The topological polar surface area (TPSA) is 188 Å². The maximum atomic E-state index is 10.4. The van der Waals surface area contributed by atoms with E-state index < -0.39 is 87.1 Å². The fraction of sp³-hybridized carbons (Fsp3) is 1.00. The van der Waals surface area contributed by atoms with Gasteiger partial charge >= 0.3 is 87.1 Å². The van der Waals surface area contributed by atoms with Crippen molar-refractivity contribution in [3.05, 3.63) is 0 Å². The van der Waals surface area contributed by atoms with Gasteiger partial charge in [0, 0.05) is 77.4 Å². The molecule has 0 aromatic carbocycles. The lowest BCUT2D eigenvalue weighted by molar-refractivity contribution is 0.0568. The van der Waals surface area contributed by atoms with E-state index in [-0.39, 0.29) is 12.5 Å². The highest BCUT2D eigenvalue weighted by Gasteiger charge is 2.65. The molecule has 0 saturated carbocycles. The van der Waals surface area contributed by atoms with Crippen molar-refractivity contribution in [2.75, 3.05) is 53.6 Å². The quantitative estimate of drug-likeness (QED) is 0.110. The van der Waals surface area contributed by atoms with E-state index in [0.717, 1.165) is 12.1 Å². The molecule has 0 spiro atoms. The molecular formula is C33H86O18Si10. The third-order valence-corrected chi connectivity index (χ3v) is 53.7. The van der Waals surface area contributed by atoms with Crippen LogP contribution in [-0.4, -0.2) is 151 Å². The van der Waals surface area contributed by atoms with Crippen molar-refractivity contribution >= 4 is 87.1 Å². The lowest BCUT2D eigenvalue weighted by Gasteiger charge is -2.49. The van der Waals surface area contributed by atoms with E-state index in [1.165, 1.54) is 14.2 Å². The molecule has 61 heavy (non-hydrogen) atoms. The summed E-state index contributed by atoms with van der Waals surface area (Å²) >= 11 is 0. The first-order chi connectivity index (χ1) is 28.7. The maximum Gasteiger partial charge on any atom is 0.485 e. The van der Waals surface area contributed by atoms with Gasteiger partial charge in [0.05, 0.1) is 12.5 Å².